The van der Waals surface area contributed by atoms with Crippen molar-refractivity contribution in [1.29, 1.82) is 0 Å². The fraction of sp³-hybridized carbons (Fsp3) is 0.818. The molecular weight excluding hydrogens is 228 g/mol. The molecule has 0 aliphatic carbocycles. The Morgan fingerprint density at radius 3 is 2.50 bits per heavy atom. The third kappa shape index (κ3) is 4.39. The van der Waals surface area contributed by atoms with E-state index in [2.05, 4.69) is 5.32 Å². The fourth-order valence-corrected chi connectivity index (χ4v) is 2.07. The zero-order valence-corrected chi connectivity index (χ0v) is 10.4. The molecule has 1 fully saturated rings. The second-order valence-electron chi connectivity index (χ2n) is 4.15. The number of amides is 2. The molecule has 0 aromatic rings. The number of nitrogens with one attached hydrogen (secondary N) is 1. The highest BCUT2D eigenvalue weighted by atomic mass is 35.5. The number of likely N-dealkylation sites (tertiary alicyclic amines) is 1. The molecule has 0 aromatic carbocycles. The second kappa shape index (κ2) is 6.74. The summed E-state index contributed by atoms with van der Waals surface area (Å²) in [5, 5.41) is 2.89. The molecule has 0 aromatic heterocycles. The quantitative estimate of drug-likeness (QED) is 0.756. The molecule has 4 nitrogen and oxygen atoms in total. The third-order valence-corrected chi connectivity index (χ3v) is 3.05. The van der Waals surface area contributed by atoms with E-state index in [4.69, 9.17) is 11.6 Å². The molecule has 1 N–H and O–H groups in total. The van der Waals surface area contributed by atoms with Crippen LogP contribution in [-0.2, 0) is 9.59 Å². The first-order chi connectivity index (χ1) is 7.63. The maximum atomic E-state index is 11.7. The summed E-state index contributed by atoms with van der Waals surface area (Å²) in [4.78, 5) is 24.4. The minimum atomic E-state index is 0.00640. The van der Waals surface area contributed by atoms with Crippen molar-refractivity contribution in [1.82, 2.24) is 10.2 Å². The van der Waals surface area contributed by atoms with Gasteiger partial charge in [0.05, 0.1) is 0 Å². The highest BCUT2D eigenvalue weighted by Gasteiger charge is 2.22. The van der Waals surface area contributed by atoms with Crippen LogP contribution in [0, 0.1) is 0 Å². The SMILES string of the molecule is CC(=O)NC1CCN(C(=O)CCCCl)CC1. The highest BCUT2D eigenvalue weighted by Crippen LogP contribution is 2.12. The first-order valence-electron chi connectivity index (χ1n) is 5.74. The van der Waals surface area contributed by atoms with Crippen molar-refractivity contribution < 1.29 is 9.59 Å². The standard InChI is InChI=1S/C11H19ClN2O2/c1-9(15)13-10-4-7-14(8-5-10)11(16)3-2-6-12/h10H,2-8H2,1H3,(H,13,15). The molecule has 5 heteroatoms. The van der Waals surface area contributed by atoms with Crippen LogP contribution in [0.5, 0.6) is 0 Å². The van der Waals surface area contributed by atoms with Crippen molar-refractivity contribution in [2.24, 2.45) is 0 Å². The van der Waals surface area contributed by atoms with Gasteiger partial charge >= 0.3 is 0 Å². The average Bonchev–Trinajstić information content (AvgIpc) is 2.26. The lowest BCUT2D eigenvalue weighted by molar-refractivity contribution is -0.132. The number of hydrogen-bond donors (Lipinski definition) is 1. The molecule has 0 radical (unpaired) electrons. The summed E-state index contributed by atoms with van der Waals surface area (Å²) >= 11 is 5.55. The van der Waals surface area contributed by atoms with Crippen molar-refractivity contribution in [3.05, 3.63) is 0 Å². The van der Waals surface area contributed by atoms with Crippen LogP contribution in [0.4, 0.5) is 0 Å². The van der Waals surface area contributed by atoms with Crippen molar-refractivity contribution >= 4 is 23.4 Å². The highest BCUT2D eigenvalue weighted by molar-refractivity contribution is 6.17. The van der Waals surface area contributed by atoms with Crippen LogP contribution in [0.25, 0.3) is 0 Å². The van der Waals surface area contributed by atoms with Crippen molar-refractivity contribution in [3.8, 4) is 0 Å². The zero-order chi connectivity index (χ0) is 12.0. The average molecular weight is 247 g/mol. The zero-order valence-electron chi connectivity index (χ0n) is 9.67. The molecule has 0 atom stereocenters. The predicted octanol–water partition coefficient (Wildman–Crippen LogP) is 1.13. The van der Waals surface area contributed by atoms with Crippen molar-refractivity contribution in [2.45, 2.75) is 38.6 Å². The van der Waals surface area contributed by atoms with Gasteiger partial charge < -0.3 is 10.2 Å². The van der Waals surface area contributed by atoms with Gasteiger partial charge in [0, 0.05) is 38.4 Å². The number of piperidine rings is 1. The van der Waals surface area contributed by atoms with Gasteiger partial charge in [-0.05, 0) is 19.3 Å². The van der Waals surface area contributed by atoms with Gasteiger partial charge in [0.25, 0.3) is 0 Å². The molecule has 0 saturated carbocycles. The molecule has 1 aliphatic rings. The lowest BCUT2D eigenvalue weighted by Crippen LogP contribution is -2.46. The van der Waals surface area contributed by atoms with Gasteiger partial charge in [0.15, 0.2) is 0 Å². The van der Waals surface area contributed by atoms with Crippen LogP contribution in [-0.4, -0.2) is 41.7 Å². The van der Waals surface area contributed by atoms with E-state index in [0.29, 0.717) is 12.3 Å². The maximum Gasteiger partial charge on any atom is 0.222 e. The maximum absolute atomic E-state index is 11.7. The number of halogens is 1. The summed E-state index contributed by atoms with van der Waals surface area (Å²) < 4.78 is 0. The molecule has 0 spiro atoms. The Labute approximate surface area is 101 Å². The summed E-state index contributed by atoms with van der Waals surface area (Å²) in [6.45, 7) is 3.01. The van der Waals surface area contributed by atoms with Crippen LogP contribution in [0.2, 0.25) is 0 Å². The minimum Gasteiger partial charge on any atom is -0.353 e. The lowest BCUT2D eigenvalue weighted by atomic mass is 10.0. The van der Waals surface area contributed by atoms with E-state index in [1.165, 1.54) is 6.92 Å². The summed E-state index contributed by atoms with van der Waals surface area (Å²) in [6, 6.07) is 0.231. The molecule has 1 aliphatic heterocycles. The molecule has 0 unspecified atom stereocenters. The van der Waals surface area contributed by atoms with Crippen LogP contribution in [0.15, 0.2) is 0 Å². The van der Waals surface area contributed by atoms with E-state index in [0.717, 1.165) is 32.4 Å². The molecule has 1 saturated heterocycles. The Bertz CT molecular complexity index is 250. The monoisotopic (exact) mass is 246 g/mol. The molecule has 1 heterocycles. The van der Waals surface area contributed by atoms with Gasteiger partial charge in [-0.25, -0.2) is 0 Å². The Morgan fingerprint density at radius 1 is 1.38 bits per heavy atom. The molecular formula is C11H19ClN2O2. The van der Waals surface area contributed by atoms with Gasteiger partial charge in [-0.3, -0.25) is 9.59 Å². The molecule has 0 bridgehead atoms. The van der Waals surface area contributed by atoms with E-state index in [1.807, 2.05) is 4.90 Å². The molecule has 1 rings (SSSR count). The third-order valence-electron chi connectivity index (χ3n) is 2.78. The number of carbonyl (C=O) groups is 2. The Balaban J connectivity index is 2.25. The second-order valence-corrected chi connectivity index (χ2v) is 4.53. The van der Waals surface area contributed by atoms with Gasteiger partial charge in [0.2, 0.25) is 11.8 Å². The number of hydrogen-bond acceptors (Lipinski definition) is 2. The molecule has 2 amide bonds. The van der Waals surface area contributed by atoms with Crippen LogP contribution in [0.3, 0.4) is 0 Å². The van der Waals surface area contributed by atoms with E-state index in [1.54, 1.807) is 0 Å². The Morgan fingerprint density at radius 2 is 2.00 bits per heavy atom. The van der Waals surface area contributed by atoms with Crippen molar-refractivity contribution in [3.63, 3.8) is 0 Å². The van der Waals surface area contributed by atoms with E-state index in [-0.39, 0.29) is 17.9 Å². The number of rotatable bonds is 4. The van der Waals surface area contributed by atoms with Crippen molar-refractivity contribution in [2.75, 3.05) is 19.0 Å². The van der Waals surface area contributed by atoms with Gasteiger partial charge in [-0.15, -0.1) is 11.6 Å². The van der Waals surface area contributed by atoms with E-state index < -0.39 is 0 Å². The number of carbonyl (C=O) groups excluding carboxylic acids is 2. The minimum absolute atomic E-state index is 0.00640. The first-order valence-corrected chi connectivity index (χ1v) is 6.27. The smallest absolute Gasteiger partial charge is 0.222 e. The summed E-state index contributed by atoms with van der Waals surface area (Å²) in [6.07, 6.45) is 2.98. The normalized spacial score (nSPS) is 17.2. The topological polar surface area (TPSA) is 49.4 Å². The summed E-state index contributed by atoms with van der Waals surface area (Å²) in [5.74, 6) is 0.725. The fourth-order valence-electron chi connectivity index (χ4n) is 1.94. The number of nitrogens with zero attached hydrogens (tertiary/aromatic N) is 1. The van der Waals surface area contributed by atoms with Gasteiger partial charge in [0.1, 0.15) is 0 Å². The first kappa shape index (κ1) is 13.3. The van der Waals surface area contributed by atoms with Crippen LogP contribution >= 0.6 is 11.6 Å². The Hall–Kier alpha value is -0.770. The van der Waals surface area contributed by atoms with E-state index in [9.17, 15) is 9.59 Å². The van der Waals surface area contributed by atoms with Crippen LogP contribution < -0.4 is 5.32 Å². The Kier molecular flexibility index (Phi) is 5.60. The van der Waals surface area contributed by atoms with Crippen LogP contribution in [0.1, 0.15) is 32.6 Å². The predicted molar refractivity (Wildman–Crippen MR) is 63.4 cm³/mol. The van der Waals surface area contributed by atoms with E-state index >= 15 is 0 Å². The summed E-state index contributed by atoms with van der Waals surface area (Å²) in [5.41, 5.74) is 0. The largest absolute Gasteiger partial charge is 0.353 e. The lowest BCUT2D eigenvalue weighted by Gasteiger charge is -2.32. The van der Waals surface area contributed by atoms with Gasteiger partial charge in [-0.2, -0.15) is 0 Å². The molecule has 16 heavy (non-hydrogen) atoms. The summed E-state index contributed by atoms with van der Waals surface area (Å²) in [7, 11) is 0. The number of alkyl halides is 1. The van der Waals surface area contributed by atoms with Gasteiger partial charge in [-0.1, -0.05) is 0 Å². The molecule has 92 valence electrons.